The molecule has 9 heteroatoms. The number of aryl methyl sites for hydroxylation is 1. The van der Waals surface area contributed by atoms with Crippen LogP contribution < -0.4 is 10.9 Å². The van der Waals surface area contributed by atoms with E-state index in [2.05, 4.69) is 22.4 Å². The minimum Gasteiger partial charge on any atom is -0.404 e. The summed E-state index contributed by atoms with van der Waals surface area (Å²) in [5.74, 6) is 0.110. The van der Waals surface area contributed by atoms with Gasteiger partial charge in [-0.2, -0.15) is 4.99 Å². The molecule has 1 N–H and O–H groups in total. The molecule has 0 unspecified atom stereocenters. The Kier molecular flexibility index (Phi) is 8.57. The van der Waals surface area contributed by atoms with Crippen molar-refractivity contribution in [3.63, 3.8) is 0 Å². The number of hydrogen-bond donors (Lipinski definition) is 1. The van der Waals surface area contributed by atoms with Crippen molar-refractivity contribution in [3.8, 4) is 0 Å². The lowest BCUT2D eigenvalue weighted by molar-refractivity contribution is -0.129. The van der Waals surface area contributed by atoms with Gasteiger partial charge in [-0.25, -0.2) is 4.79 Å². The average Bonchev–Trinajstić information content (AvgIpc) is 2.70. The summed E-state index contributed by atoms with van der Waals surface area (Å²) in [6.07, 6.45) is 5.43. The van der Waals surface area contributed by atoms with Crippen LogP contribution in [0.1, 0.15) is 57.1 Å². The molecule has 1 aliphatic rings. The van der Waals surface area contributed by atoms with Gasteiger partial charge in [0.05, 0.1) is 5.71 Å². The molecule has 1 aromatic heterocycles. The Bertz CT molecular complexity index is 834. The second-order valence-electron chi connectivity index (χ2n) is 6.91. The lowest BCUT2D eigenvalue weighted by atomic mass is 10.0. The van der Waals surface area contributed by atoms with Crippen molar-refractivity contribution in [2.45, 2.75) is 59.3 Å². The number of oxime groups is 1. The number of carbonyl (C=O) groups excluding carboxylic acids is 2. The number of nitrogens with one attached hydrogen (secondary N) is 1. The first-order valence-electron chi connectivity index (χ1n) is 9.85. The van der Waals surface area contributed by atoms with Crippen LogP contribution in [-0.2, 0) is 20.8 Å². The van der Waals surface area contributed by atoms with Crippen LogP contribution in [0.15, 0.2) is 25.4 Å². The maximum atomic E-state index is 11.9. The van der Waals surface area contributed by atoms with E-state index in [9.17, 15) is 14.4 Å². The fourth-order valence-electron chi connectivity index (χ4n) is 3.02. The predicted molar refractivity (Wildman–Crippen MR) is 109 cm³/mol. The van der Waals surface area contributed by atoms with Crippen LogP contribution in [0.2, 0.25) is 0 Å². The van der Waals surface area contributed by atoms with E-state index in [0.29, 0.717) is 32.3 Å². The monoisotopic (exact) mass is 404 g/mol. The molecule has 1 aliphatic heterocycles. The molecule has 1 fully saturated rings. The van der Waals surface area contributed by atoms with Gasteiger partial charge in [-0.15, -0.1) is 0 Å². The van der Waals surface area contributed by atoms with E-state index in [4.69, 9.17) is 9.25 Å². The van der Waals surface area contributed by atoms with E-state index in [1.165, 1.54) is 13.0 Å². The minimum atomic E-state index is -0.505. The summed E-state index contributed by atoms with van der Waals surface area (Å²) in [4.78, 5) is 45.4. The summed E-state index contributed by atoms with van der Waals surface area (Å²) in [5, 5.41) is 6.36. The summed E-state index contributed by atoms with van der Waals surface area (Å²) < 4.78 is 5.19. The number of unbranched alkanes of at least 4 members (excludes halogenated alkanes) is 2. The number of piperidine rings is 1. The highest BCUT2D eigenvalue weighted by Gasteiger charge is 2.18. The Morgan fingerprint density at radius 2 is 2.07 bits per heavy atom. The van der Waals surface area contributed by atoms with Crippen molar-refractivity contribution in [2.75, 3.05) is 13.1 Å². The molecule has 29 heavy (non-hydrogen) atoms. The van der Waals surface area contributed by atoms with Crippen LogP contribution in [0.5, 0.6) is 0 Å². The molecule has 0 spiro atoms. The van der Waals surface area contributed by atoms with Gasteiger partial charge in [0.2, 0.25) is 18.2 Å². The molecule has 2 heterocycles. The molecule has 0 aromatic carbocycles. The van der Waals surface area contributed by atoms with E-state index >= 15 is 0 Å². The van der Waals surface area contributed by atoms with Crippen LogP contribution in [-0.4, -0.2) is 42.0 Å². The van der Waals surface area contributed by atoms with Gasteiger partial charge < -0.3 is 14.2 Å². The highest BCUT2D eigenvalue weighted by atomic mass is 16.6. The molecule has 2 amide bonds. The van der Waals surface area contributed by atoms with Crippen LogP contribution in [0.3, 0.4) is 0 Å². The zero-order valence-corrected chi connectivity index (χ0v) is 17.2. The molecular formula is C20H28N4O5. The zero-order valence-electron chi connectivity index (χ0n) is 17.2. The Labute approximate surface area is 169 Å². The van der Waals surface area contributed by atoms with Crippen LogP contribution in [0, 0.1) is 6.92 Å². The molecule has 0 bridgehead atoms. The van der Waals surface area contributed by atoms with Gasteiger partial charge in [0.15, 0.2) is 0 Å². The third-order valence-corrected chi connectivity index (χ3v) is 4.77. The topological polar surface area (TPSA) is 114 Å². The number of carbonyl (C=O) groups is 2. The quantitative estimate of drug-likeness (QED) is 0.246. The largest absolute Gasteiger partial charge is 0.404 e. The number of hydrogen-bond acceptors (Lipinski definition) is 7. The van der Waals surface area contributed by atoms with Gasteiger partial charge in [-0.3, -0.25) is 14.9 Å². The predicted octanol–water partition coefficient (Wildman–Crippen LogP) is 2.43. The Hall–Kier alpha value is -2.97. The fourth-order valence-corrected chi connectivity index (χ4v) is 3.02. The van der Waals surface area contributed by atoms with Crippen molar-refractivity contribution in [2.24, 2.45) is 10.1 Å². The van der Waals surface area contributed by atoms with E-state index in [-0.39, 0.29) is 17.8 Å². The van der Waals surface area contributed by atoms with Gasteiger partial charge in [-0.1, -0.05) is 24.9 Å². The molecule has 1 saturated heterocycles. The van der Waals surface area contributed by atoms with Crippen molar-refractivity contribution >= 4 is 29.9 Å². The van der Waals surface area contributed by atoms with Gasteiger partial charge >= 0.3 is 11.6 Å². The van der Waals surface area contributed by atoms with E-state index in [1.54, 1.807) is 4.90 Å². The summed E-state index contributed by atoms with van der Waals surface area (Å²) >= 11 is 0. The molecular weight excluding hydrogens is 376 g/mol. The third kappa shape index (κ3) is 6.85. The number of rotatable bonds is 7. The Morgan fingerprint density at radius 3 is 2.69 bits per heavy atom. The van der Waals surface area contributed by atoms with Gasteiger partial charge in [0, 0.05) is 44.5 Å². The molecule has 0 aliphatic carbocycles. The smallest absolute Gasteiger partial charge is 0.337 e. The molecule has 0 saturated carbocycles. The first-order chi connectivity index (χ1) is 13.9. The van der Waals surface area contributed by atoms with E-state index < -0.39 is 5.63 Å². The third-order valence-electron chi connectivity index (χ3n) is 4.77. The van der Waals surface area contributed by atoms with E-state index in [1.807, 2.05) is 6.92 Å². The van der Waals surface area contributed by atoms with E-state index in [0.717, 1.165) is 42.5 Å². The van der Waals surface area contributed by atoms with Crippen LogP contribution >= 0.6 is 0 Å². The average molecular weight is 404 g/mol. The zero-order chi connectivity index (χ0) is 21.2. The first-order valence-corrected chi connectivity index (χ1v) is 9.85. The number of likely N-dealkylation sites (tertiary alicyclic amines) is 1. The first kappa shape index (κ1) is 22.3. The van der Waals surface area contributed by atoms with Gasteiger partial charge in [-0.05, 0) is 25.3 Å². The van der Waals surface area contributed by atoms with Crippen molar-refractivity contribution < 1.29 is 18.8 Å². The normalized spacial score (nSPS) is 14.5. The van der Waals surface area contributed by atoms with Crippen LogP contribution in [0.4, 0.5) is 5.88 Å². The standard InChI is InChI=1S/C20H28N4O5/c1-4-5-6-7-16-12-18(27)28-19(14(16)2)22-20(21-13-25)29-23-17-8-10-24(11-9-17)15(3)26/h12-13H,4-11H2,1-3H3,(H,21,22,25). The second kappa shape index (κ2) is 11.1. The lowest BCUT2D eigenvalue weighted by Crippen LogP contribution is -2.37. The number of amides is 2. The maximum Gasteiger partial charge on any atom is 0.337 e. The summed E-state index contributed by atoms with van der Waals surface area (Å²) in [6.45, 7) is 6.59. The Balaban J connectivity index is 2.16. The lowest BCUT2D eigenvalue weighted by Gasteiger charge is -2.26. The maximum absolute atomic E-state index is 11.9. The summed E-state index contributed by atoms with van der Waals surface area (Å²) in [5.41, 5.74) is 1.84. The molecule has 0 radical (unpaired) electrons. The number of amidine groups is 1. The van der Waals surface area contributed by atoms with Crippen LogP contribution in [0.25, 0.3) is 0 Å². The molecule has 9 nitrogen and oxygen atoms in total. The summed E-state index contributed by atoms with van der Waals surface area (Å²) in [6, 6.07) is 1.29. The number of aliphatic imine (C=N–C) groups is 1. The second-order valence-corrected chi connectivity index (χ2v) is 6.91. The van der Waals surface area contributed by atoms with Crippen molar-refractivity contribution in [3.05, 3.63) is 27.6 Å². The molecule has 2 rings (SSSR count). The molecule has 158 valence electrons. The van der Waals surface area contributed by atoms with Crippen molar-refractivity contribution in [1.29, 1.82) is 0 Å². The highest BCUT2D eigenvalue weighted by Crippen LogP contribution is 2.22. The van der Waals surface area contributed by atoms with Gasteiger partial charge in [0.25, 0.3) is 0 Å². The van der Waals surface area contributed by atoms with Crippen molar-refractivity contribution in [1.82, 2.24) is 10.2 Å². The molecule has 1 aromatic rings. The SMILES string of the molecule is CCCCCc1cc(=O)oc(/N=C(\NC=O)ON=C2CCN(C(C)=O)CC2)c1C. The molecule has 0 atom stereocenters. The minimum absolute atomic E-state index is 0.0270. The number of nitrogens with zero attached hydrogens (tertiary/aromatic N) is 3. The summed E-state index contributed by atoms with van der Waals surface area (Å²) in [7, 11) is 0. The van der Waals surface area contributed by atoms with Gasteiger partial charge in [0.1, 0.15) is 0 Å². The Morgan fingerprint density at radius 1 is 1.34 bits per heavy atom. The highest BCUT2D eigenvalue weighted by molar-refractivity contribution is 5.89. The fraction of sp³-hybridized carbons (Fsp3) is 0.550.